The number of esters is 1. The van der Waals surface area contributed by atoms with Crippen LogP contribution in [0, 0.1) is 17.2 Å². The normalized spacial score (nSPS) is 15.6. The summed E-state index contributed by atoms with van der Waals surface area (Å²) in [5, 5.41) is 9.34. The summed E-state index contributed by atoms with van der Waals surface area (Å²) in [5.74, 6) is 1.01. The summed E-state index contributed by atoms with van der Waals surface area (Å²) in [4.78, 5) is 17.9. The third-order valence-electron chi connectivity index (χ3n) is 3.64. The van der Waals surface area contributed by atoms with Crippen molar-refractivity contribution in [3.05, 3.63) is 22.8 Å². The second-order valence-electron chi connectivity index (χ2n) is 5.05. The molecule has 2 rings (SSSR count). The summed E-state index contributed by atoms with van der Waals surface area (Å²) in [6.07, 6.45) is 2.33. The zero-order chi connectivity index (χ0) is 15.2. The Labute approximate surface area is 129 Å². The molecule has 1 aromatic rings. The van der Waals surface area contributed by atoms with Gasteiger partial charge in [-0.3, -0.25) is 4.79 Å². The van der Waals surface area contributed by atoms with Crippen LogP contribution in [0.5, 0.6) is 0 Å². The molecule has 1 saturated heterocycles. The van der Waals surface area contributed by atoms with Crippen molar-refractivity contribution < 1.29 is 9.53 Å². The Hall–Kier alpha value is -1.80. The molecular weight excluding hydrogens is 290 g/mol. The molecule has 0 amide bonds. The number of pyridine rings is 1. The van der Waals surface area contributed by atoms with Gasteiger partial charge in [0.15, 0.2) is 5.69 Å². The number of ether oxygens (including phenoxy) is 1. The van der Waals surface area contributed by atoms with Gasteiger partial charge in [-0.2, -0.15) is 5.26 Å². The summed E-state index contributed by atoms with van der Waals surface area (Å²) in [7, 11) is 0. The van der Waals surface area contributed by atoms with Gasteiger partial charge in [0.2, 0.25) is 0 Å². The lowest BCUT2D eigenvalue weighted by molar-refractivity contribution is -0.144. The molecule has 5 nitrogen and oxygen atoms in total. The summed E-state index contributed by atoms with van der Waals surface area (Å²) >= 11 is 5.89. The smallest absolute Gasteiger partial charge is 0.306 e. The van der Waals surface area contributed by atoms with E-state index in [1.54, 1.807) is 6.07 Å². The minimum atomic E-state index is -0.118. The molecule has 21 heavy (non-hydrogen) atoms. The van der Waals surface area contributed by atoms with Crippen molar-refractivity contribution in [3.8, 4) is 6.07 Å². The number of hydrogen-bond donors (Lipinski definition) is 0. The number of aromatic nitrogens is 1. The first-order valence-corrected chi connectivity index (χ1v) is 7.49. The Morgan fingerprint density at radius 2 is 2.24 bits per heavy atom. The Morgan fingerprint density at radius 1 is 1.52 bits per heavy atom. The third-order valence-corrected chi connectivity index (χ3v) is 3.94. The van der Waals surface area contributed by atoms with Crippen molar-refractivity contribution in [2.24, 2.45) is 5.92 Å². The Balaban J connectivity index is 1.92. The van der Waals surface area contributed by atoms with Crippen LogP contribution in [0.2, 0.25) is 5.02 Å². The molecule has 1 aromatic heterocycles. The van der Waals surface area contributed by atoms with Crippen molar-refractivity contribution in [2.45, 2.75) is 26.2 Å². The molecule has 6 heteroatoms. The van der Waals surface area contributed by atoms with E-state index in [0.29, 0.717) is 24.0 Å². The molecule has 0 saturated carbocycles. The number of hydrogen-bond acceptors (Lipinski definition) is 5. The highest BCUT2D eigenvalue weighted by Gasteiger charge is 2.23. The molecule has 1 fully saturated rings. The highest BCUT2D eigenvalue weighted by atomic mass is 35.5. The van der Waals surface area contributed by atoms with Gasteiger partial charge in [-0.1, -0.05) is 11.6 Å². The Bertz CT molecular complexity index is 548. The highest BCUT2D eigenvalue weighted by Crippen LogP contribution is 2.26. The Morgan fingerprint density at radius 3 is 2.86 bits per heavy atom. The van der Waals surface area contributed by atoms with Gasteiger partial charge in [-0.25, -0.2) is 4.98 Å². The maximum Gasteiger partial charge on any atom is 0.306 e. The maximum absolute atomic E-state index is 11.5. The number of nitriles is 1. The van der Waals surface area contributed by atoms with E-state index in [2.05, 4.69) is 9.88 Å². The summed E-state index contributed by atoms with van der Waals surface area (Å²) < 4.78 is 4.98. The SMILES string of the molecule is CCOC(=O)CC1CCN(c2ccc(Cl)c(C#N)n2)CC1. The topological polar surface area (TPSA) is 66.2 Å². The van der Waals surface area contributed by atoms with Gasteiger partial charge in [0.25, 0.3) is 0 Å². The van der Waals surface area contributed by atoms with Gasteiger partial charge in [0.05, 0.1) is 11.6 Å². The van der Waals surface area contributed by atoms with Gasteiger partial charge in [-0.15, -0.1) is 0 Å². The zero-order valence-corrected chi connectivity index (χ0v) is 12.8. The first kappa shape index (κ1) is 15.6. The number of carbonyl (C=O) groups excluding carboxylic acids is 1. The second kappa shape index (κ2) is 7.28. The van der Waals surface area contributed by atoms with Crippen LogP contribution in [-0.4, -0.2) is 30.6 Å². The van der Waals surface area contributed by atoms with E-state index in [0.717, 1.165) is 31.7 Å². The average molecular weight is 308 g/mol. The number of nitrogens with zero attached hydrogens (tertiary/aromatic N) is 3. The fourth-order valence-corrected chi connectivity index (χ4v) is 2.66. The van der Waals surface area contributed by atoms with Crippen molar-refractivity contribution >= 4 is 23.4 Å². The predicted molar refractivity (Wildman–Crippen MR) is 80.1 cm³/mol. The van der Waals surface area contributed by atoms with Gasteiger partial charge in [0.1, 0.15) is 11.9 Å². The maximum atomic E-state index is 11.5. The highest BCUT2D eigenvalue weighted by molar-refractivity contribution is 6.31. The molecule has 0 N–H and O–H groups in total. The Kier molecular flexibility index (Phi) is 5.40. The molecule has 1 aliphatic heterocycles. The fraction of sp³-hybridized carbons (Fsp3) is 0.533. The van der Waals surface area contributed by atoms with E-state index in [1.165, 1.54) is 0 Å². The molecule has 0 radical (unpaired) electrons. The third kappa shape index (κ3) is 4.08. The van der Waals surface area contributed by atoms with Crippen molar-refractivity contribution in [2.75, 3.05) is 24.6 Å². The van der Waals surface area contributed by atoms with E-state index >= 15 is 0 Å². The van der Waals surface area contributed by atoms with Crippen LogP contribution < -0.4 is 4.90 Å². The van der Waals surface area contributed by atoms with Gasteiger partial charge in [0, 0.05) is 19.5 Å². The molecule has 0 bridgehead atoms. The van der Waals surface area contributed by atoms with Gasteiger partial charge in [-0.05, 0) is 37.8 Å². The molecule has 0 atom stereocenters. The van der Waals surface area contributed by atoms with Crippen LogP contribution in [0.3, 0.4) is 0 Å². The molecule has 0 unspecified atom stereocenters. The minimum Gasteiger partial charge on any atom is -0.466 e. The van der Waals surface area contributed by atoms with Crippen molar-refractivity contribution in [1.29, 1.82) is 5.26 Å². The monoisotopic (exact) mass is 307 g/mol. The quantitative estimate of drug-likeness (QED) is 0.800. The minimum absolute atomic E-state index is 0.118. The van der Waals surface area contributed by atoms with Crippen LogP contribution in [0.1, 0.15) is 31.9 Å². The lowest BCUT2D eigenvalue weighted by Crippen LogP contribution is -2.35. The number of piperidine rings is 1. The van der Waals surface area contributed by atoms with Crippen LogP contribution >= 0.6 is 11.6 Å². The van der Waals surface area contributed by atoms with Crippen molar-refractivity contribution in [1.82, 2.24) is 4.98 Å². The second-order valence-corrected chi connectivity index (χ2v) is 5.46. The summed E-state index contributed by atoms with van der Waals surface area (Å²) in [6.45, 7) is 3.90. The molecule has 1 aliphatic rings. The van der Waals surface area contributed by atoms with Crippen LogP contribution in [0.25, 0.3) is 0 Å². The number of rotatable bonds is 4. The summed E-state index contributed by atoms with van der Waals surface area (Å²) in [5.41, 5.74) is 0.253. The summed E-state index contributed by atoms with van der Waals surface area (Å²) in [6, 6.07) is 5.52. The van der Waals surface area contributed by atoms with Crippen LogP contribution in [-0.2, 0) is 9.53 Å². The first-order valence-electron chi connectivity index (χ1n) is 7.11. The molecule has 0 aliphatic carbocycles. The molecule has 0 spiro atoms. The van der Waals surface area contributed by atoms with E-state index in [-0.39, 0.29) is 11.7 Å². The number of anilines is 1. The van der Waals surface area contributed by atoms with E-state index in [1.807, 2.05) is 19.1 Å². The molecule has 112 valence electrons. The average Bonchev–Trinajstić information content (AvgIpc) is 2.49. The van der Waals surface area contributed by atoms with E-state index < -0.39 is 0 Å². The zero-order valence-electron chi connectivity index (χ0n) is 12.0. The van der Waals surface area contributed by atoms with Crippen LogP contribution in [0.4, 0.5) is 5.82 Å². The number of halogens is 1. The predicted octanol–water partition coefficient (Wildman–Crippen LogP) is 2.78. The standard InChI is InChI=1S/C15H18ClN3O2/c1-2-21-15(20)9-11-5-7-19(8-6-11)14-4-3-12(16)13(10-17)18-14/h3-4,11H,2,5-9H2,1H3. The molecular formula is C15H18ClN3O2. The fourth-order valence-electron chi connectivity index (χ4n) is 2.51. The number of carbonyl (C=O) groups is 1. The largest absolute Gasteiger partial charge is 0.466 e. The molecule has 2 heterocycles. The van der Waals surface area contributed by atoms with E-state index in [9.17, 15) is 4.79 Å². The lowest BCUT2D eigenvalue weighted by atomic mass is 9.93. The van der Waals surface area contributed by atoms with E-state index in [4.69, 9.17) is 21.6 Å². The lowest BCUT2D eigenvalue weighted by Gasteiger charge is -2.32. The van der Waals surface area contributed by atoms with Gasteiger partial charge >= 0.3 is 5.97 Å². The van der Waals surface area contributed by atoms with Crippen molar-refractivity contribution in [3.63, 3.8) is 0 Å². The van der Waals surface area contributed by atoms with Gasteiger partial charge < -0.3 is 9.64 Å². The first-order chi connectivity index (χ1) is 10.1. The molecule has 0 aromatic carbocycles. The van der Waals surface area contributed by atoms with Crippen LogP contribution in [0.15, 0.2) is 12.1 Å².